The molecule has 2 heteroatoms. The maximum Gasteiger partial charge on any atom is 0.161 e. The number of alkyl halides is 1. The second-order valence-corrected chi connectivity index (χ2v) is 2.54. The summed E-state index contributed by atoms with van der Waals surface area (Å²) >= 11 is 0. The monoisotopic (exact) mass is 145 g/mol. The fraction of sp³-hybridized carbons (Fsp3) is 0.750. The molecule has 0 atom stereocenters. The first-order valence-corrected chi connectivity index (χ1v) is 3.56. The summed E-state index contributed by atoms with van der Waals surface area (Å²) in [6, 6.07) is 0. The first-order chi connectivity index (χ1) is 4.63. The van der Waals surface area contributed by atoms with Gasteiger partial charge in [-0.2, -0.15) is 0 Å². The largest absolute Gasteiger partial charge is 0.351 e. The van der Waals surface area contributed by atoms with Gasteiger partial charge in [0, 0.05) is 12.7 Å². The summed E-state index contributed by atoms with van der Waals surface area (Å²) in [6.45, 7) is 5.65. The van der Waals surface area contributed by atoms with Crippen LogP contribution in [0.1, 0.15) is 27.2 Å². The third kappa shape index (κ3) is 2.38. The highest BCUT2D eigenvalue weighted by molar-refractivity contribution is 5.06. The molecule has 0 radical (unpaired) electrons. The predicted octanol–water partition coefficient (Wildman–Crippen LogP) is 2.55. The molecular formula is C8H16FN. The number of rotatable bonds is 3. The van der Waals surface area contributed by atoms with E-state index in [1.807, 2.05) is 13.8 Å². The fourth-order valence-electron chi connectivity index (χ4n) is 0.671. The second kappa shape index (κ2) is 4.31. The Morgan fingerprint density at radius 1 is 1.40 bits per heavy atom. The van der Waals surface area contributed by atoms with Gasteiger partial charge >= 0.3 is 0 Å². The first kappa shape index (κ1) is 9.47. The van der Waals surface area contributed by atoms with Crippen molar-refractivity contribution >= 4 is 0 Å². The van der Waals surface area contributed by atoms with Crippen molar-refractivity contribution in [2.75, 3.05) is 13.8 Å². The number of halogens is 1. The first-order valence-electron chi connectivity index (χ1n) is 3.56. The Kier molecular flexibility index (Phi) is 4.08. The zero-order chi connectivity index (χ0) is 8.15. The van der Waals surface area contributed by atoms with Crippen molar-refractivity contribution in [3.05, 3.63) is 11.3 Å². The minimum Gasteiger partial charge on any atom is -0.351 e. The van der Waals surface area contributed by atoms with E-state index in [1.54, 1.807) is 11.9 Å². The predicted molar refractivity (Wildman–Crippen MR) is 42.4 cm³/mol. The lowest BCUT2D eigenvalue weighted by Crippen LogP contribution is -2.15. The third-order valence-electron chi connectivity index (χ3n) is 1.90. The van der Waals surface area contributed by atoms with Crippen molar-refractivity contribution in [1.82, 2.24) is 4.90 Å². The van der Waals surface area contributed by atoms with Crippen LogP contribution in [0.2, 0.25) is 0 Å². The van der Waals surface area contributed by atoms with Crippen LogP contribution in [0, 0.1) is 0 Å². The highest BCUT2D eigenvalue weighted by atomic mass is 19.1. The van der Waals surface area contributed by atoms with E-state index in [2.05, 4.69) is 6.92 Å². The van der Waals surface area contributed by atoms with Gasteiger partial charge in [-0.3, -0.25) is 0 Å². The summed E-state index contributed by atoms with van der Waals surface area (Å²) in [7, 11) is 1.76. The Balaban J connectivity index is 4.15. The van der Waals surface area contributed by atoms with Crippen LogP contribution < -0.4 is 0 Å². The van der Waals surface area contributed by atoms with Gasteiger partial charge in [-0.05, 0) is 20.3 Å². The Morgan fingerprint density at radius 2 is 1.90 bits per heavy atom. The van der Waals surface area contributed by atoms with Gasteiger partial charge in [0.2, 0.25) is 0 Å². The molecule has 0 rings (SSSR count). The van der Waals surface area contributed by atoms with Crippen LogP contribution in [0.25, 0.3) is 0 Å². The lowest BCUT2D eigenvalue weighted by Gasteiger charge is -2.17. The molecule has 0 aliphatic carbocycles. The third-order valence-corrected chi connectivity index (χ3v) is 1.90. The van der Waals surface area contributed by atoms with Gasteiger partial charge in [0.25, 0.3) is 0 Å². The Morgan fingerprint density at radius 3 is 2.20 bits per heavy atom. The molecule has 0 saturated heterocycles. The topological polar surface area (TPSA) is 3.24 Å². The Bertz CT molecular complexity index is 129. The summed E-state index contributed by atoms with van der Waals surface area (Å²) < 4.78 is 12.0. The van der Waals surface area contributed by atoms with E-state index in [-0.39, 0.29) is 0 Å². The lowest BCUT2D eigenvalue weighted by atomic mass is 10.2. The van der Waals surface area contributed by atoms with Gasteiger partial charge in [0.15, 0.2) is 6.80 Å². The van der Waals surface area contributed by atoms with E-state index >= 15 is 0 Å². The molecule has 60 valence electrons. The van der Waals surface area contributed by atoms with Gasteiger partial charge < -0.3 is 4.90 Å². The summed E-state index contributed by atoms with van der Waals surface area (Å²) in [5, 5.41) is 0. The minimum atomic E-state index is -0.400. The molecule has 0 saturated carbocycles. The van der Waals surface area contributed by atoms with E-state index in [0.29, 0.717) is 0 Å². The average molecular weight is 145 g/mol. The van der Waals surface area contributed by atoms with Gasteiger partial charge in [-0.15, -0.1) is 0 Å². The standard InChI is InChI=1S/C8H16FN/c1-5-7(2)8(3)10(4)6-9/h5-6H2,1-4H3/b8-7+. The SMILES string of the molecule is CC/C(C)=C(\C)N(C)CF. The van der Waals surface area contributed by atoms with E-state index in [0.717, 1.165) is 12.1 Å². The van der Waals surface area contributed by atoms with Crippen molar-refractivity contribution in [2.45, 2.75) is 27.2 Å². The molecule has 0 aromatic rings. The molecule has 0 amide bonds. The number of allylic oxidation sites excluding steroid dienone is 2. The normalized spacial score (nSPS) is 12.9. The quantitative estimate of drug-likeness (QED) is 0.552. The van der Waals surface area contributed by atoms with Gasteiger partial charge in [0.1, 0.15) is 0 Å². The molecule has 0 aromatic carbocycles. The van der Waals surface area contributed by atoms with E-state index in [4.69, 9.17) is 0 Å². The molecule has 0 aromatic heterocycles. The van der Waals surface area contributed by atoms with Gasteiger partial charge in [-0.25, -0.2) is 4.39 Å². The Labute approximate surface area is 62.5 Å². The Hall–Kier alpha value is -0.530. The zero-order valence-electron chi connectivity index (χ0n) is 7.24. The fourth-order valence-corrected chi connectivity index (χ4v) is 0.671. The van der Waals surface area contributed by atoms with Crippen LogP contribution in [0.15, 0.2) is 11.3 Å². The molecule has 0 heterocycles. The smallest absolute Gasteiger partial charge is 0.161 e. The maximum atomic E-state index is 12.0. The maximum absolute atomic E-state index is 12.0. The molecule has 0 bridgehead atoms. The van der Waals surface area contributed by atoms with Crippen molar-refractivity contribution in [2.24, 2.45) is 0 Å². The van der Waals surface area contributed by atoms with Crippen LogP contribution in [-0.2, 0) is 0 Å². The summed E-state index contributed by atoms with van der Waals surface area (Å²) in [4.78, 5) is 1.61. The molecule has 0 unspecified atom stereocenters. The molecule has 0 spiro atoms. The molecule has 0 aliphatic heterocycles. The highest BCUT2D eigenvalue weighted by Gasteiger charge is 1.99. The van der Waals surface area contributed by atoms with E-state index < -0.39 is 6.80 Å². The molecule has 1 nitrogen and oxygen atoms in total. The van der Waals surface area contributed by atoms with Crippen LogP contribution in [0.5, 0.6) is 0 Å². The molecular weight excluding hydrogens is 129 g/mol. The molecule has 10 heavy (non-hydrogen) atoms. The number of hydrogen-bond donors (Lipinski definition) is 0. The van der Waals surface area contributed by atoms with Crippen LogP contribution in [-0.4, -0.2) is 18.7 Å². The van der Waals surface area contributed by atoms with Crippen molar-refractivity contribution in [1.29, 1.82) is 0 Å². The summed E-state index contributed by atoms with van der Waals surface area (Å²) in [6.07, 6.45) is 0.996. The van der Waals surface area contributed by atoms with Crippen LogP contribution >= 0.6 is 0 Å². The summed E-state index contributed by atoms with van der Waals surface area (Å²) in [5.74, 6) is 0. The van der Waals surface area contributed by atoms with Crippen molar-refractivity contribution < 1.29 is 4.39 Å². The van der Waals surface area contributed by atoms with Crippen LogP contribution in [0.4, 0.5) is 4.39 Å². The van der Waals surface area contributed by atoms with Crippen molar-refractivity contribution in [3.63, 3.8) is 0 Å². The minimum absolute atomic E-state index is 0.400. The van der Waals surface area contributed by atoms with Crippen LogP contribution in [0.3, 0.4) is 0 Å². The number of nitrogens with zero attached hydrogens (tertiary/aromatic N) is 1. The van der Waals surface area contributed by atoms with E-state index in [1.165, 1.54) is 5.57 Å². The number of hydrogen-bond acceptors (Lipinski definition) is 1. The zero-order valence-corrected chi connectivity index (χ0v) is 7.24. The molecule has 0 fully saturated rings. The molecule has 0 aliphatic rings. The van der Waals surface area contributed by atoms with Gasteiger partial charge in [0.05, 0.1) is 0 Å². The van der Waals surface area contributed by atoms with E-state index in [9.17, 15) is 4.39 Å². The second-order valence-electron chi connectivity index (χ2n) is 2.54. The lowest BCUT2D eigenvalue weighted by molar-refractivity contribution is 0.272. The highest BCUT2D eigenvalue weighted by Crippen LogP contribution is 2.09. The molecule has 0 N–H and O–H groups in total. The summed E-state index contributed by atoms with van der Waals surface area (Å²) in [5.41, 5.74) is 2.30. The van der Waals surface area contributed by atoms with Gasteiger partial charge in [-0.1, -0.05) is 12.5 Å². The average Bonchev–Trinajstić information content (AvgIpc) is 2.00. The van der Waals surface area contributed by atoms with Crippen molar-refractivity contribution in [3.8, 4) is 0 Å².